The number of fused-ring (bicyclic) bond motifs is 1. The summed E-state index contributed by atoms with van der Waals surface area (Å²) in [7, 11) is 0. The van der Waals surface area contributed by atoms with E-state index >= 15 is 0 Å². The molecule has 1 unspecified atom stereocenters. The molecule has 4 heterocycles. The van der Waals surface area contributed by atoms with Gasteiger partial charge in [0, 0.05) is 54.3 Å². The zero-order valence-corrected chi connectivity index (χ0v) is 16.4. The maximum atomic E-state index is 12.7. The number of hydrogen-bond donors (Lipinski definition) is 2. The van der Waals surface area contributed by atoms with Crippen LogP contribution >= 0.6 is 11.8 Å². The van der Waals surface area contributed by atoms with Crippen molar-refractivity contribution in [1.29, 1.82) is 0 Å². The van der Waals surface area contributed by atoms with Crippen molar-refractivity contribution in [2.75, 3.05) is 5.32 Å². The monoisotopic (exact) mass is 401 g/mol. The van der Waals surface area contributed by atoms with Gasteiger partial charge in [0.05, 0.1) is 11.4 Å². The summed E-state index contributed by atoms with van der Waals surface area (Å²) in [5, 5.41) is 3.27. The highest BCUT2D eigenvalue weighted by molar-refractivity contribution is 7.99. The Morgan fingerprint density at radius 1 is 1.21 bits per heavy atom. The number of pyridine rings is 1. The molecule has 0 radical (unpaired) electrons. The van der Waals surface area contributed by atoms with Crippen molar-refractivity contribution in [3.63, 3.8) is 0 Å². The van der Waals surface area contributed by atoms with E-state index in [1.165, 1.54) is 0 Å². The van der Waals surface area contributed by atoms with Gasteiger partial charge in [-0.1, -0.05) is 18.2 Å². The summed E-state index contributed by atoms with van der Waals surface area (Å²) in [6, 6.07) is 13.7. The highest BCUT2D eigenvalue weighted by Gasteiger charge is 2.27. The van der Waals surface area contributed by atoms with Gasteiger partial charge in [-0.15, -0.1) is 11.8 Å². The SMILES string of the molecule is O=C(Nc1ccn2c1CSC2c1cccnc1)c1ccc(Cc2ncc[nH]2)cc1. The first kappa shape index (κ1) is 17.8. The first-order valence-electron chi connectivity index (χ1n) is 9.38. The van der Waals surface area contributed by atoms with Crippen LogP contribution in [0.25, 0.3) is 0 Å². The molecule has 1 aromatic carbocycles. The summed E-state index contributed by atoms with van der Waals surface area (Å²) >= 11 is 1.83. The van der Waals surface area contributed by atoms with Crippen molar-refractivity contribution in [3.05, 3.63) is 102 Å². The normalized spacial score (nSPS) is 15.2. The molecule has 5 rings (SSSR count). The Morgan fingerprint density at radius 3 is 2.86 bits per heavy atom. The van der Waals surface area contributed by atoms with Crippen molar-refractivity contribution in [2.45, 2.75) is 17.5 Å². The van der Waals surface area contributed by atoms with Gasteiger partial charge in [-0.05, 0) is 29.8 Å². The fourth-order valence-electron chi connectivity index (χ4n) is 3.54. The summed E-state index contributed by atoms with van der Waals surface area (Å²) in [6.07, 6.45) is 9.99. The van der Waals surface area contributed by atoms with Crippen molar-refractivity contribution in [2.24, 2.45) is 0 Å². The number of anilines is 1. The number of H-pyrrole nitrogens is 1. The minimum absolute atomic E-state index is 0.0987. The van der Waals surface area contributed by atoms with Crippen LogP contribution in [0, 0.1) is 0 Å². The summed E-state index contributed by atoms with van der Waals surface area (Å²) in [5.41, 5.74) is 4.91. The molecule has 1 aliphatic heterocycles. The molecule has 4 aromatic rings. The van der Waals surface area contributed by atoms with E-state index in [2.05, 4.69) is 30.9 Å². The lowest BCUT2D eigenvalue weighted by Gasteiger charge is -2.12. The molecule has 0 spiro atoms. The van der Waals surface area contributed by atoms with Crippen molar-refractivity contribution < 1.29 is 4.79 Å². The fraction of sp³-hybridized carbons (Fsp3) is 0.136. The number of amides is 1. The molecule has 0 aliphatic carbocycles. The number of hydrogen-bond acceptors (Lipinski definition) is 4. The van der Waals surface area contributed by atoms with Crippen molar-refractivity contribution >= 4 is 23.4 Å². The lowest BCUT2D eigenvalue weighted by molar-refractivity contribution is 0.102. The third kappa shape index (κ3) is 3.56. The Labute approximate surface area is 172 Å². The second-order valence-electron chi connectivity index (χ2n) is 6.90. The second kappa shape index (κ2) is 7.60. The van der Waals surface area contributed by atoms with Crippen LogP contribution in [0.4, 0.5) is 5.69 Å². The third-order valence-corrected chi connectivity index (χ3v) is 6.27. The number of aromatic amines is 1. The molecule has 0 saturated carbocycles. The van der Waals surface area contributed by atoms with Crippen LogP contribution in [-0.2, 0) is 12.2 Å². The first-order valence-corrected chi connectivity index (χ1v) is 10.4. The largest absolute Gasteiger partial charge is 0.348 e. The molecule has 1 atom stereocenters. The Bertz CT molecular complexity index is 1120. The smallest absolute Gasteiger partial charge is 0.255 e. The van der Waals surface area contributed by atoms with Gasteiger partial charge >= 0.3 is 0 Å². The van der Waals surface area contributed by atoms with E-state index in [4.69, 9.17) is 0 Å². The van der Waals surface area contributed by atoms with Gasteiger partial charge in [0.15, 0.2) is 0 Å². The van der Waals surface area contributed by atoms with Gasteiger partial charge < -0.3 is 14.9 Å². The number of thioether (sulfide) groups is 1. The predicted molar refractivity (Wildman–Crippen MR) is 114 cm³/mol. The van der Waals surface area contributed by atoms with E-state index in [1.807, 2.05) is 66.8 Å². The third-order valence-electron chi connectivity index (χ3n) is 5.02. The number of rotatable bonds is 5. The topological polar surface area (TPSA) is 75.6 Å². The van der Waals surface area contributed by atoms with Crippen LogP contribution in [0.15, 0.2) is 73.4 Å². The number of carbonyl (C=O) groups excluding carboxylic acids is 1. The maximum absolute atomic E-state index is 12.7. The Hall–Kier alpha value is -3.32. The van der Waals surface area contributed by atoms with Gasteiger partial charge in [-0.2, -0.15) is 0 Å². The summed E-state index contributed by atoms with van der Waals surface area (Å²) in [6.45, 7) is 0. The number of benzene rings is 1. The minimum Gasteiger partial charge on any atom is -0.348 e. The van der Waals surface area contributed by atoms with E-state index in [9.17, 15) is 4.79 Å². The second-order valence-corrected chi connectivity index (χ2v) is 7.97. The van der Waals surface area contributed by atoms with Gasteiger partial charge in [0.1, 0.15) is 11.2 Å². The van der Waals surface area contributed by atoms with Crippen LogP contribution in [0.5, 0.6) is 0 Å². The van der Waals surface area contributed by atoms with Gasteiger partial charge in [0.2, 0.25) is 0 Å². The molecule has 2 N–H and O–H groups in total. The molecule has 0 bridgehead atoms. The van der Waals surface area contributed by atoms with E-state index < -0.39 is 0 Å². The molecule has 3 aromatic heterocycles. The maximum Gasteiger partial charge on any atom is 0.255 e. The highest BCUT2D eigenvalue weighted by atomic mass is 32.2. The number of imidazole rings is 1. The standard InChI is InChI=1S/C22H19N5OS/c28-21(16-5-3-15(4-6-16)12-20-24-9-10-25-20)26-18-7-11-27-19(18)14-29-22(27)17-2-1-8-23-13-17/h1-11,13,22H,12,14H2,(H,24,25)(H,26,28). The molecule has 144 valence electrons. The molecular weight excluding hydrogens is 382 g/mol. The fourth-order valence-corrected chi connectivity index (χ4v) is 4.85. The predicted octanol–water partition coefficient (Wildman–Crippen LogP) is 4.24. The van der Waals surface area contributed by atoms with E-state index in [1.54, 1.807) is 12.4 Å². The zero-order chi connectivity index (χ0) is 19.6. The number of aromatic nitrogens is 4. The zero-order valence-electron chi connectivity index (χ0n) is 15.6. The molecule has 0 fully saturated rings. The molecule has 6 nitrogen and oxygen atoms in total. The van der Waals surface area contributed by atoms with Crippen LogP contribution < -0.4 is 5.32 Å². The van der Waals surface area contributed by atoms with Crippen LogP contribution in [0.3, 0.4) is 0 Å². The summed E-state index contributed by atoms with van der Waals surface area (Å²) in [5.74, 6) is 1.66. The summed E-state index contributed by atoms with van der Waals surface area (Å²) < 4.78 is 2.21. The van der Waals surface area contributed by atoms with Crippen LogP contribution in [0.2, 0.25) is 0 Å². The molecule has 1 aliphatic rings. The van der Waals surface area contributed by atoms with Crippen molar-refractivity contribution in [1.82, 2.24) is 19.5 Å². The first-order chi connectivity index (χ1) is 14.3. The van der Waals surface area contributed by atoms with Gasteiger partial charge in [-0.3, -0.25) is 9.78 Å². The Morgan fingerprint density at radius 2 is 2.10 bits per heavy atom. The van der Waals surface area contributed by atoms with Crippen molar-refractivity contribution in [3.8, 4) is 0 Å². The van der Waals surface area contributed by atoms with Crippen LogP contribution in [0.1, 0.15) is 38.4 Å². The molecule has 29 heavy (non-hydrogen) atoms. The molecule has 0 saturated heterocycles. The number of nitrogens with zero attached hydrogens (tertiary/aromatic N) is 3. The van der Waals surface area contributed by atoms with E-state index in [0.717, 1.165) is 40.5 Å². The lowest BCUT2D eigenvalue weighted by atomic mass is 10.1. The number of carbonyl (C=O) groups is 1. The minimum atomic E-state index is -0.0987. The Balaban J connectivity index is 1.29. The Kier molecular flexibility index (Phi) is 4.65. The van der Waals surface area contributed by atoms with Gasteiger partial charge in [0.25, 0.3) is 5.91 Å². The highest BCUT2D eigenvalue weighted by Crippen LogP contribution is 2.43. The van der Waals surface area contributed by atoms with E-state index in [0.29, 0.717) is 5.56 Å². The lowest BCUT2D eigenvalue weighted by Crippen LogP contribution is -2.12. The molecular formula is C22H19N5OS. The quantitative estimate of drug-likeness (QED) is 0.524. The van der Waals surface area contributed by atoms with Gasteiger partial charge in [-0.25, -0.2) is 4.98 Å². The summed E-state index contributed by atoms with van der Waals surface area (Å²) in [4.78, 5) is 24.3. The average Bonchev–Trinajstić information content (AvgIpc) is 3.49. The average molecular weight is 401 g/mol. The van der Waals surface area contributed by atoms with Crippen LogP contribution in [-0.4, -0.2) is 25.4 Å². The molecule has 1 amide bonds. The molecule has 7 heteroatoms. The van der Waals surface area contributed by atoms with E-state index in [-0.39, 0.29) is 11.3 Å². The number of nitrogens with one attached hydrogen (secondary N) is 2.